The number of ether oxygens (including phenoxy) is 1. The third kappa shape index (κ3) is 4.33. The van der Waals surface area contributed by atoms with Gasteiger partial charge in [-0.15, -0.1) is 0 Å². The largest absolute Gasteiger partial charge is 0.497 e. The van der Waals surface area contributed by atoms with E-state index in [9.17, 15) is 4.79 Å². The van der Waals surface area contributed by atoms with Crippen LogP contribution in [0.3, 0.4) is 0 Å². The third-order valence-corrected chi connectivity index (χ3v) is 5.35. The Labute approximate surface area is 183 Å². The lowest BCUT2D eigenvalue weighted by Gasteiger charge is -2.10. The van der Waals surface area contributed by atoms with E-state index in [0.717, 1.165) is 38.4 Å². The number of methoxy groups -OCH3 is 1. The van der Waals surface area contributed by atoms with Gasteiger partial charge in [-0.05, 0) is 73.2 Å². The molecular formula is C24H20BrN2O3+. The average molecular weight is 464 g/mol. The van der Waals surface area contributed by atoms with Crippen molar-refractivity contribution >= 4 is 33.3 Å². The molecule has 5 nitrogen and oxygen atoms in total. The van der Waals surface area contributed by atoms with Crippen LogP contribution < -0.4 is 10.2 Å². The monoisotopic (exact) mass is 463 g/mol. The number of nitrogens with zero attached hydrogens (tertiary/aromatic N) is 1. The predicted molar refractivity (Wildman–Crippen MR) is 121 cm³/mol. The van der Waals surface area contributed by atoms with Crippen LogP contribution in [0.4, 0.5) is 0 Å². The maximum Gasteiger partial charge on any atom is 0.362 e. The Balaban J connectivity index is 1.66. The Bertz CT molecular complexity index is 1150. The zero-order chi connectivity index (χ0) is 21.1. The molecule has 0 bridgehead atoms. The first-order valence-electron chi connectivity index (χ1n) is 9.45. The Morgan fingerprint density at radius 3 is 2.50 bits per heavy atom. The van der Waals surface area contributed by atoms with Crippen LogP contribution in [-0.2, 0) is 0 Å². The Hall–Kier alpha value is -3.25. The Morgan fingerprint density at radius 2 is 1.80 bits per heavy atom. The van der Waals surface area contributed by atoms with Gasteiger partial charge >= 0.3 is 11.5 Å². The first kappa shape index (κ1) is 20.0. The van der Waals surface area contributed by atoms with Crippen molar-refractivity contribution in [2.75, 3.05) is 7.11 Å². The summed E-state index contributed by atoms with van der Waals surface area (Å²) in [4.78, 5) is 12.5. The topological polar surface area (TPSA) is 62.0 Å². The number of fused-ring (bicyclic) bond motifs is 1. The SMILES string of the molecule is COc1ccc(C2=[O+]c3ccc(C)cc3/C(=N\NC(=O)c3ccc(Br)cc3)C2)cc1. The van der Waals surface area contributed by atoms with Crippen LogP contribution in [0.1, 0.15) is 37.9 Å². The molecule has 6 heteroatoms. The number of amides is 1. The molecule has 1 aliphatic rings. The minimum Gasteiger partial charge on any atom is -0.497 e. The van der Waals surface area contributed by atoms with Crippen LogP contribution in [0.2, 0.25) is 0 Å². The van der Waals surface area contributed by atoms with Gasteiger partial charge in [-0.3, -0.25) is 4.79 Å². The zero-order valence-electron chi connectivity index (χ0n) is 16.6. The summed E-state index contributed by atoms with van der Waals surface area (Å²) in [5.74, 6) is 2.00. The molecule has 3 aromatic rings. The van der Waals surface area contributed by atoms with Crippen molar-refractivity contribution in [1.82, 2.24) is 5.43 Å². The lowest BCUT2D eigenvalue weighted by Crippen LogP contribution is -2.23. The molecule has 0 saturated heterocycles. The number of ketones is 1. The normalized spacial score (nSPS) is 14.1. The lowest BCUT2D eigenvalue weighted by molar-refractivity contribution is -0.169. The molecule has 1 N–H and O–H groups in total. The maximum absolute atomic E-state index is 12.5. The predicted octanol–water partition coefficient (Wildman–Crippen LogP) is 5.44. The minimum absolute atomic E-state index is 0.262. The van der Waals surface area contributed by atoms with Gasteiger partial charge in [0.05, 0.1) is 18.4 Å². The van der Waals surface area contributed by atoms with Gasteiger partial charge < -0.3 is 4.74 Å². The minimum atomic E-state index is -0.262. The van der Waals surface area contributed by atoms with E-state index in [1.807, 2.05) is 61.5 Å². The average Bonchev–Trinajstić information content (AvgIpc) is 2.77. The second-order valence-corrected chi connectivity index (χ2v) is 7.85. The molecule has 3 aromatic carbocycles. The van der Waals surface area contributed by atoms with Crippen molar-refractivity contribution < 1.29 is 14.0 Å². The molecule has 0 atom stereocenters. The summed E-state index contributed by atoms with van der Waals surface area (Å²) >= 11 is 3.37. The smallest absolute Gasteiger partial charge is 0.362 e. The number of carbonyl (C=O) groups is 1. The fourth-order valence-corrected chi connectivity index (χ4v) is 3.46. The number of benzene rings is 3. The highest BCUT2D eigenvalue weighted by Gasteiger charge is 2.31. The van der Waals surface area contributed by atoms with Crippen LogP contribution in [0.25, 0.3) is 0 Å². The molecule has 0 aromatic heterocycles. The van der Waals surface area contributed by atoms with Crippen molar-refractivity contribution in [2.24, 2.45) is 5.10 Å². The van der Waals surface area contributed by atoms with Gasteiger partial charge in [0, 0.05) is 16.1 Å². The van der Waals surface area contributed by atoms with E-state index in [1.165, 1.54) is 0 Å². The summed E-state index contributed by atoms with van der Waals surface area (Å²) in [6.07, 6.45) is 0.462. The standard InChI is InChI=1S/C24H19BrN2O3/c1-15-3-12-22-20(13-15)21(26-27-24(28)17-4-8-18(25)9-5-17)14-23(30-22)16-6-10-19(29-2)11-7-16/h3-13H,14H2,1-2H3/p+1/b26-21-. The molecule has 1 aliphatic heterocycles. The van der Waals surface area contributed by atoms with Gasteiger partial charge in [0.25, 0.3) is 5.91 Å². The second kappa shape index (κ2) is 8.63. The molecule has 1 amide bonds. The second-order valence-electron chi connectivity index (χ2n) is 6.94. The summed E-state index contributed by atoms with van der Waals surface area (Å²) in [5.41, 5.74) is 6.88. The highest BCUT2D eigenvalue weighted by atomic mass is 79.9. The van der Waals surface area contributed by atoms with E-state index >= 15 is 0 Å². The van der Waals surface area contributed by atoms with Crippen molar-refractivity contribution in [1.29, 1.82) is 0 Å². The number of hydrazone groups is 1. The van der Waals surface area contributed by atoms with E-state index in [-0.39, 0.29) is 5.91 Å². The summed E-state index contributed by atoms with van der Waals surface area (Å²) in [5, 5.41) is 4.45. The zero-order valence-corrected chi connectivity index (χ0v) is 18.2. The van der Waals surface area contributed by atoms with Gasteiger partial charge in [-0.1, -0.05) is 15.9 Å². The quantitative estimate of drug-likeness (QED) is 0.413. The number of hydrogen-bond acceptors (Lipinski definition) is 3. The van der Waals surface area contributed by atoms with Crippen LogP contribution in [0, 0.1) is 6.92 Å². The summed E-state index contributed by atoms with van der Waals surface area (Å²) in [6, 6.07) is 20.8. The number of halogens is 1. The molecule has 0 spiro atoms. The molecule has 150 valence electrons. The van der Waals surface area contributed by atoms with Gasteiger partial charge in [-0.2, -0.15) is 5.10 Å². The van der Waals surface area contributed by atoms with Gasteiger partial charge in [0.1, 0.15) is 17.7 Å². The lowest BCUT2D eigenvalue weighted by atomic mass is 9.96. The number of aryl methyl sites for hydroxylation is 1. The summed E-state index contributed by atoms with van der Waals surface area (Å²) < 4.78 is 12.3. The van der Waals surface area contributed by atoms with Gasteiger partial charge in [-0.25, -0.2) is 9.85 Å². The van der Waals surface area contributed by atoms with Gasteiger partial charge in [0.2, 0.25) is 0 Å². The van der Waals surface area contributed by atoms with Crippen molar-refractivity contribution in [3.05, 3.63) is 93.5 Å². The summed E-state index contributed by atoms with van der Waals surface area (Å²) in [6.45, 7) is 2.01. The molecule has 4 rings (SSSR count). The number of carbonyl (C=O) groups excluding carboxylic acids is 2. The highest BCUT2D eigenvalue weighted by molar-refractivity contribution is 9.10. The first-order chi connectivity index (χ1) is 14.5. The molecule has 0 radical (unpaired) electrons. The fraction of sp³-hybridized carbons (Fsp3) is 0.125. The number of nitrogens with one attached hydrogen (secondary N) is 1. The van der Waals surface area contributed by atoms with Crippen molar-refractivity contribution in [3.8, 4) is 11.5 Å². The Kier molecular flexibility index (Phi) is 5.77. The van der Waals surface area contributed by atoms with Crippen LogP contribution in [0.15, 0.2) is 76.3 Å². The Morgan fingerprint density at radius 1 is 1.07 bits per heavy atom. The van der Waals surface area contributed by atoms with Crippen LogP contribution in [0.5, 0.6) is 11.5 Å². The molecule has 1 heterocycles. The highest BCUT2D eigenvalue weighted by Crippen LogP contribution is 2.30. The van der Waals surface area contributed by atoms with E-state index < -0.39 is 0 Å². The van der Waals surface area contributed by atoms with Crippen molar-refractivity contribution in [3.63, 3.8) is 0 Å². The number of rotatable bonds is 4. The van der Waals surface area contributed by atoms with Gasteiger partial charge in [0.15, 0.2) is 0 Å². The maximum atomic E-state index is 12.5. The van der Waals surface area contributed by atoms with Crippen molar-refractivity contribution in [2.45, 2.75) is 13.3 Å². The van der Waals surface area contributed by atoms with Crippen LogP contribution in [-0.4, -0.2) is 24.5 Å². The molecule has 0 aliphatic carbocycles. The van der Waals surface area contributed by atoms with E-state index in [1.54, 1.807) is 19.2 Å². The molecule has 0 saturated carbocycles. The third-order valence-electron chi connectivity index (χ3n) is 4.82. The summed E-state index contributed by atoms with van der Waals surface area (Å²) in [7, 11) is 1.64. The fourth-order valence-electron chi connectivity index (χ4n) is 3.20. The van der Waals surface area contributed by atoms with E-state index in [0.29, 0.717) is 17.7 Å². The van der Waals surface area contributed by atoms with E-state index in [2.05, 4.69) is 26.5 Å². The van der Waals surface area contributed by atoms with E-state index in [4.69, 9.17) is 9.16 Å². The molecular weight excluding hydrogens is 444 g/mol. The molecule has 30 heavy (non-hydrogen) atoms. The molecule has 0 fully saturated rings. The number of hydrogen-bond donors (Lipinski definition) is 1. The first-order valence-corrected chi connectivity index (χ1v) is 10.2. The van der Waals surface area contributed by atoms with Crippen LogP contribution >= 0.6 is 15.9 Å². The molecule has 0 unspecified atom stereocenters.